The number of sulfonamides is 1. The van der Waals surface area contributed by atoms with Crippen LogP contribution in [-0.4, -0.2) is 52.2 Å². The fourth-order valence-electron chi connectivity index (χ4n) is 2.77. The Hall–Kier alpha value is -1.02. The predicted molar refractivity (Wildman–Crippen MR) is 82.7 cm³/mol. The van der Waals surface area contributed by atoms with E-state index in [1.807, 2.05) is 0 Å². The van der Waals surface area contributed by atoms with Crippen LogP contribution in [0.1, 0.15) is 19.8 Å². The average molecular weight is 330 g/mol. The number of nitrogens with one attached hydrogen (secondary N) is 1. The molecule has 1 heterocycles. The van der Waals surface area contributed by atoms with E-state index in [2.05, 4.69) is 16.5 Å². The van der Waals surface area contributed by atoms with Crippen LogP contribution in [0.15, 0.2) is 29.2 Å². The van der Waals surface area contributed by atoms with Crippen molar-refractivity contribution in [3.8, 4) is 0 Å². The summed E-state index contributed by atoms with van der Waals surface area (Å²) >= 11 is 0. The van der Waals surface area contributed by atoms with Crippen LogP contribution < -0.4 is 4.72 Å². The summed E-state index contributed by atoms with van der Waals surface area (Å²) in [6, 6.07) is 5.15. The Kier molecular flexibility index (Phi) is 5.91. The first-order valence-corrected chi connectivity index (χ1v) is 8.91. The lowest BCUT2D eigenvalue weighted by Gasteiger charge is -2.36. The maximum atomic E-state index is 13.2. The monoisotopic (exact) mass is 330 g/mol. The van der Waals surface area contributed by atoms with E-state index in [-0.39, 0.29) is 17.0 Å². The largest absolute Gasteiger partial charge is 0.383 e. The minimum Gasteiger partial charge on any atom is -0.383 e. The normalized spacial score (nSPS) is 21.7. The van der Waals surface area contributed by atoms with E-state index in [0.29, 0.717) is 13.2 Å². The van der Waals surface area contributed by atoms with E-state index < -0.39 is 15.8 Å². The molecule has 1 aliphatic rings. The zero-order valence-corrected chi connectivity index (χ0v) is 13.8. The molecular weight excluding hydrogens is 307 g/mol. The van der Waals surface area contributed by atoms with Crippen LogP contribution in [0.2, 0.25) is 0 Å². The molecule has 0 bridgehead atoms. The quantitative estimate of drug-likeness (QED) is 0.861. The van der Waals surface area contributed by atoms with Crippen molar-refractivity contribution in [2.24, 2.45) is 0 Å². The van der Waals surface area contributed by atoms with Crippen LogP contribution in [0.4, 0.5) is 4.39 Å². The van der Waals surface area contributed by atoms with E-state index in [4.69, 9.17) is 4.74 Å². The number of likely N-dealkylation sites (tertiary alicyclic amines) is 1. The van der Waals surface area contributed by atoms with E-state index in [1.165, 1.54) is 18.2 Å². The summed E-state index contributed by atoms with van der Waals surface area (Å²) in [6.07, 6.45) is 1.70. The zero-order valence-electron chi connectivity index (χ0n) is 13.0. The first-order chi connectivity index (χ1) is 10.4. The van der Waals surface area contributed by atoms with Crippen molar-refractivity contribution in [2.45, 2.75) is 36.7 Å². The number of rotatable bonds is 6. The van der Waals surface area contributed by atoms with Crippen LogP contribution in [-0.2, 0) is 14.8 Å². The van der Waals surface area contributed by atoms with Crippen molar-refractivity contribution in [1.29, 1.82) is 0 Å². The SMILES string of the molecule is COC[C@@H](C)N1CCC[C@H](NS(=O)(=O)c2cccc(F)c2)C1. The number of halogens is 1. The maximum Gasteiger partial charge on any atom is 0.240 e. The summed E-state index contributed by atoms with van der Waals surface area (Å²) in [7, 11) is -2.03. The summed E-state index contributed by atoms with van der Waals surface area (Å²) in [4.78, 5) is 2.18. The van der Waals surface area contributed by atoms with E-state index in [9.17, 15) is 12.8 Å². The van der Waals surface area contributed by atoms with Gasteiger partial charge in [-0.25, -0.2) is 17.5 Å². The number of methoxy groups -OCH3 is 1. The number of ether oxygens (including phenoxy) is 1. The van der Waals surface area contributed by atoms with Gasteiger partial charge in [0.05, 0.1) is 11.5 Å². The van der Waals surface area contributed by atoms with E-state index in [0.717, 1.165) is 25.5 Å². The third-order valence-electron chi connectivity index (χ3n) is 3.91. The molecule has 124 valence electrons. The maximum absolute atomic E-state index is 13.2. The zero-order chi connectivity index (χ0) is 16.2. The van der Waals surface area contributed by atoms with E-state index in [1.54, 1.807) is 7.11 Å². The molecule has 0 spiro atoms. The molecule has 0 aliphatic carbocycles. The summed E-state index contributed by atoms with van der Waals surface area (Å²) in [5.74, 6) is -0.554. The molecule has 1 aromatic rings. The lowest BCUT2D eigenvalue weighted by atomic mass is 10.1. The Morgan fingerprint density at radius 1 is 1.50 bits per heavy atom. The molecule has 2 rings (SSSR count). The van der Waals surface area contributed by atoms with Crippen molar-refractivity contribution < 1.29 is 17.5 Å². The molecular formula is C15H23FN2O3S. The topological polar surface area (TPSA) is 58.6 Å². The fraction of sp³-hybridized carbons (Fsp3) is 0.600. The minimum absolute atomic E-state index is 0.0328. The molecule has 0 aromatic heterocycles. The highest BCUT2D eigenvalue weighted by Crippen LogP contribution is 2.17. The molecule has 7 heteroatoms. The lowest BCUT2D eigenvalue weighted by molar-refractivity contribution is 0.0786. The van der Waals surface area contributed by atoms with Crippen molar-refractivity contribution in [3.05, 3.63) is 30.1 Å². The van der Waals surface area contributed by atoms with Gasteiger partial charge in [0.15, 0.2) is 0 Å². The summed E-state index contributed by atoms with van der Waals surface area (Å²) in [5, 5.41) is 0. The van der Waals surface area contributed by atoms with Crippen molar-refractivity contribution in [3.63, 3.8) is 0 Å². The predicted octanol–water partition coefficient (Wildman–Crippen LogP) is 1.60. The van der Waals surface area contributed by atoms with Crippen molar-refractivity contribution >= 4 is 10.0 Å². The molecule has 0 amide bonds. The first kappa shape index (κ1) is 17.3. The Bertz CT molecular complexity index is 594. The summed E-state index contributed by atoms with van der Waals surface area (Å²) < 4.78 is 45.7. The summed E-state index contributed by atoms with van der Waals surface area (Å²) in [6.45, 7) is 4.25. The molecule has 2 atom stereocenters. The number of piperidine rings is 1. The Balaban J connectivity index is 2.03. The van der Waals surface area contributed by atoms with Crippen LogP contribution >= 0.6 is 0 Å². The van der Waals surface area contributed by atoms with Gasteiger partial charge in [0.1, 0.15) is 5.82 Å². The fourth-order valence-corrected chi connectivity index (χ4v) is 4.06. The molecule has 1 saturated heterocycles. The molecule has 22 heavy (non-hydrogen) atoms. The Morgan fingerprint density at radius 3 is 2.95 bits per heavy atom. The van der Waals surface area contributed by atoms with Gasteiger partial charge >= 0.3 is 0 Å². The molecule has 1 fully saturated rings. The molecule has 5 nitrogen and oxygen atoms in total. The summed E-state index contributed by atoms with van der Waals surface area (Å²) in [5.41, 5.74) is 0. The first-order valence-electron chi connectivity index (χ1n) is 7.43. The van der Waals surface area contributed by atoms with Gasteiger partial charge in [0.2, 0.25) is 10.0 Å². The molecule has 0 unspecified atom stereocenters. The average Bonchev–Trinajstić information content (AvgIpc) is 2.47. The highest BCUT2D eigenvalue weighted by molar-refractivity contribution is 7.89. The number of hydrogen-bond donors (Lipinski definition) is 1. The molecule has 1 aliphatic heterocycles. The number of benzene rings is 1. The Labute approximate surface area is 131 Å². The highest BCUT2D eigenvalue weighted by atomic mass is 32.2. The number of hydrogen-bond acceptors (Lipinski definition) is 4. The van der Waals surface area contributed by atoms with E-state index >= 15 is 0 Å². The van der Waals surface area contributed by atoms with Gasteiger partial charge in [0.25, 0.3) is 0 Å². The van der Waals surface area contributed by atoms with Gasteiger partial charge < -0.3 is 4.74 Å². The Morgan fingerprint density at radius 2 is 2.27 bits per heavy atom. The second-order valence-corrected chi connectivity index (χ2v) is 7.43. The van der Waals surface area contributed by atoms with Crippen LogP contribution in [0.3, 0.4) is 0 Å². The molecule has 0 saturated carbocycles. The molecule has 1 aromatic carbocycles. The third-order valence-corrected chi connectivity index (χ3v) is 5.43. The highest BCUT2D eigenvalue weighted by Gasteiger charge is 2.27. The van der Waals surface area contributed by atoms with Gasteiger partial charge in [-0.05, 0) is 44.5 Å². The van der Waals surface area contributed by atoms with Gasteiger partial charge in [-0.15, -0.1) is 0 Å². The van der Waals surface area contributed by atoms with Gasteiger partial charge in [-0.2, -0.15) is 0 Å². The van der Waals surface area contributed by atoms with Gasteiger partial charge in [-0.1, -0.05) is 6.07 Å². The second-order valence-electron chi connectivity index (χ2n) is 5.72. The van der Waals surface area contributed by atoms with Gasteiger partial charge in [0, 0.05) is 25.7 Å². The minimum atomic E-state index is -3.69. The molecule has 0 radical (unpaired) electrons. The van der Waals surface area contributed by atoms with Crippen LogP contribution in [0.5, 0.6) is 0 Å². The van der Waals surface area contributed by atoms with Crippen molar-refractivity contribution in [2.75, 3.05) is 26.8 Å². The second kappa shape index (κ2) is 7.50. The van der Waals surface area contributed by atoms with Gasteiger partial charge in [-0.3, -0.25) is 4.90 Å². The molecule has 1 N–H and O–H groups in total. The van der Waals surface area contributed by atoms with Crippen LogP contribution in [0, 0.1) is 5.82 Å². The third kappa shape index (κ3) is 4.49. The number of nitrogens with zero attached hydrogens (tertiary/aromatic N) is 1. The lowest BCUT2D eigenvalue weighted by Crippen LogP contribution is -2.51. The smallest absolute Gasteiger partial charge is 0.240 e. The van der Waals surface area contributed by atoms with Crippen LogP contribution in [0.25, 0.3) is 0 Å². The van der Waals surface area contributed by atoms with Crippen molar-refractivity contribution in [1.82, 2.24) is 9.62 Å². The standard InChI is InChI=1S/C15H23FN2O3S/c1-12(11-21-2)18-8-4-6-14(10-18)17-22(19,20)15-7-3-5-13(16)9-15/h3,5,7,9,12,14,17H,4,6,8,10-11H2,1-2H3/t12-,14+/m1/s1.